The van der Waals surface area contributed by atoms with Crippen molar-refractivity contribution in [3.05, 3.63) is 60.1 Å². The van der Waals surface area contributed by atoms with Gasteiger partial charge in [0.15, 0.2) is 11.6 Å². The predicted octanol–water partition coefficient (Wildman–Crippen LogP) is 5.49. The van der Waals surface area contributed by atoms with E-state index in [0.717, 1.165) is 38.5 Å². The number of hydrogen-bond acceptors (Lipinski definition) is 4. The average Bonchev–Trinajstić information content (AvgIpc) is 2.67. The standard InChI is InChI=1S/C22H30O4/c1-3-5-7-15-25-17-13-21(23)19-9-11-20(12-10-19)22(24)14-18-26-16-8-6-4-2/h9-14,17-18H,3-8,15-16H2,1-2H3. The highest BCUT2D eigenvalue weighted by atomic mass is 16.5. The molecule has 1 aromatic carbocycles. The van der Waals surface area contributed by atoms with Gasteiger partial charge in [-0.1, -0.05) is 63.8 Å². The molecule has 4 nitrogen and oxygen atoms in total. The van der Waals surface area contributed by atoms with Gasteiger partial charge in [-0.15, -0.1) is 0 Å². The Morgan fingerprint density at radius 3 is 1.46 bits per heavy atom. The monoisotopic (exact) mass is 358 g/mol. The summed E-state index contributed by atoms with van der Waals surface area (Å²) in [6, 6.07) is 6.58. The minimum Gasteiger partial charge on any atom is -0.501 e. The van der Waals surface area contributed by atoms with Gasteiger partial charge in [-0.25, -0.2) is 0 Å². The molecule has 0 aliphatic heterocycles. The van der Waals surface area contributed by atoms with Gasteiger partial charge in [-0.3, -0.25) is 9.59 Å². The molecule has 0 heterocycles. The maximum absolute atomic E-state index is 12.0. The van der Waals surface area contributed by atoms with E-state index >= 15 is 0 Å². The Labute approximate surface area is 156 Å². The number of allylic oxidation sites excluding steroid dienone is 2. The topological polar surface area (TPSA) is 52.6 Å². The SMILES string of the molecule is CCCCCOC=CC(=O)c1ccc(C(=O)C=COCCCCC)cc1. The summed E-state index contributed by atoms with van der Waals surface area (Å²) < 4.78 is 10.6. The highest BCUT2D eigenvalue weighted by Gasteiger charge is 2.05. The maximum atomic E-state index is 12.0. The Morgan fingerprint density at radius 2 is 1.12 bits per heavy atom. The van der Waals surface area contributed by atoms with E-state index < -0.39 is 0 Å². The first kappa shape index (κ1) is 21.7. The van der Waals surface area contributed by atoms with E-state index in [1.807, 2.05) is 0 Å². The predicted molar refractivity (Wildman–Crippen MR) is 104 cm³/mol. The summed E-state index contributed by atoms with van der Waals surface area (Å²) in [4.78, 5) is 24.1. The molecular weight excluding hydrogens is 328 g/mol. The fourth-order valence-corrected chi connectivity index (χ4v) is 2.22. The zero-order valence-electron chi connectivity index (χ0n) is 15.9. The van der Waals surface area contributed by atoms with Crippen LogP contribution in [0.2, 0.25) is 0 Å². The van der Waals surface area contributed by atoms with Crippen LogP contribution in [0, 0.1) is 0 Å². The number of unbranched alkanes of at least 4 members (excludes halogenated alkanes) is 4. The van der Waals surface area contributed by atoms with Crippen LogP contribution < -0.4 is 0 Å². The zero-order valence-corrected chi connectivity index (χ0v) is 15.9. The molecule has 0 fully saturated rings. The Morgan fingerprint density at radius 1 is 0.731 bits per heavy atom. The Kier molecular flexibility index (Phi) is 11.6. The molecule has 4 heteroatoms. The van der Waals surface area contributed by atoms with Crippen molar-refractivity contribution in [1.29, 1.82) is 0 Å². The summed E-state index contributed by atoms with van der Waals surface area (Å²) in [7, 11) is 0. The molecule has 1 rings (SSSR count). The van der Waals surface area contributed by atoms with Crippen molar-refractivity contribution < 1.29 is 19.1 Å². The summed E-state index contributed by atoms with van der Waals surface area (Å²) in [6.07, 6.45) is 12.2. The number of hydrogen-bond donors (Lipinski definition) is 0. The van der Waals surface area contributed by atoms with Crippen LogP contribution in [0.5, 0.6) is 0 Å². The summed E-state index contributed by atoms with van der Waals surface area (Å²) in [5, 5.41) is 0. The molecule has 0 N–H and O–H groups in total. The maximum Gasteiger partial charge on any atom is 0.188 e. The van der Waals surface area contributed by atoms with Gasteiger partial charge in [0.1, 0.15) is 0 Å². The Hall–Kier alpha value is -2.36. The molecule has 0 aromatic heterocycles. The highest BCUT2D eigenvalue weighted by Crippen LogP contribution is 2.08. The van der Waals surface area contributed by atoms with Gasteiger partial charge in [-0.2, -0.15) is 0 Å². The summed E-state index contributed by atoms with van der Waals surface area (Å²) in [5.74, 6) is -0.288. The highest BCUT2D eigenvalue weighted by molar-refractivity contribution is 6.07. The van der Waals surface area contributed by atoms with Gasteiger partial charge in [0.25, 0.3) is 0 Å². The van der Waals surface area contributed by atoms with E-state index in [0.29, 0.717) is 24.3 Å². The molecule has 0 saturated carbocycles. The molecule has 0 bridgehead atoms. The third kappa shape index (κ3) is 9.21. The molecular formula is C22H30O4. The van der Waals surface area contributed by atoms with Crippen molar-refractivity contribution in [2.24, 2.45) is 0 Å². The van der Waals surface area contributed by atoms with Crippen molar-refractivity contribution >= 4 is 11.6 Å². The van der Waals surface area contributed by atoms with Crippen LogP contribution >= 0.6 is 0 Å². The number of rotatable bonds is 14. The quantitative estimate of drug-likeness (QED) is 0.191. The van der Waals surface area contributed by atoms with Crippen molar-refractivity contribution in [1.82, 2.24) is 0 Å². The first-order valence-electron chi connectivity index (χ1n) is 9.44. The summed E-state index contributed by atoms with van der Waals surface area (Å²) >= 11 is 0. The van der Waals surface area contributed by atoms with Crippen LogP contribution in [-0.4, -0.2) is 24.8 Å². The molecule has 0 atom stereocenters. The fourth-order valence-electron chi connectivity index (χ4n) is 2.22. The Balaban J connectivity index is 2.41. The second-order valence-electron chi connectivity index (χ2n) is 6.07. The van der Waals surface area contributed by atoms with E-state index in [1.54, 1.807) is 24.3 Å². The molecule has 0 amide bonds. The molecule has 0 radical (unpaired) electrons. The van der Waals surface area contributed by atoms with Crippen LogP contribution in [0.4, 0.5) is 0 Å². The molecule has 1 aromatic rings. The molecule has 26 heavy (non-hydrogen) atoms. The number of benzene rings is 1. The van der Waals surface area contributed by atoms with Crippen molar-refractivity contribution in [3.63, 3.8) is 0 Å². The zero-order chi connectivity index (χ0) is 19.0. The number of ether oxygens (including phenoxy) is 2. The van der Waals surface area contributed by atoms with Crippen LogP contribution in [0.15, 0.2) is 48.9 Å². The van der Waals surface area contributed by atoms with E-state index in [1.165, 1.54) is 24.7 Å². The van der Waals surface area contributed by atoms with Crippen LogP contribution in [0.1, 0.15) is 73.1 Å². The third-order valence-corrected chi connectivity index (χ3v) is 3.82. The molecule has 142 valence electrons. The van der Waals surface area contributed by atoms with Crippen molar-refractivity contribution in [2.75, 3.05) is 13.2 Å². The lowest BCUT2D eigenvalue weighted by molar-refractivity contribution is 0.103. The normalized spacial score (nSPS) is 11.2. The molecule has 0 saturated heterocycles. The Bertz CT molecular complexity index is 532. The number of carbonyl (C=O) groups excluding carboxylic acids is 2. The minimum atomic E-state index is -0.144. The average molecular weight is 358 g/mol. The van der Waals surface area contributed by atoms with E-state index in [9.17, 15) is 9.59 Å². The molecule has 0 aliphatic carbocycles. The van der Waals surface area contributed by atoms with E-state index in [2.05, 4.69) is 13.8 Å². The van der Waals surface area contributed by atoms with Gasteiger partial charge < -0.3 is 9.47 Å². The van der Waals surface area contributed by atoms with E-state index in [4.69, 9.17) is 9.47 Å². The van der Waals surface area contributed by atoms with E-state index in [-0.39, 0.29) is 11.6 Å². The first-order valence-corrected chi connectivity index (χ1v) is 9.44. The second kappa shape index (κ2) is 13.9. The lowest BCUT2D eigenvalue weighted by atomic mass is 10.1. The van der Waals surface area contributed by atoms with Crippen LogP contribution in [0.25, 0.3) is 0 Å². The minimum absolute atomic E-state index is 0.144. The first-order chi connectivity index (χ1) is 12.7. The molecule has 0 unspecified atom stereocenters. The van der Waals surface area contributed by atoms with Crippen LogP contribution in [0.3, 0.4) is 0 Å². The smallest absolute Gasteiger partial charge is 0.188 e. The van der Waals surface area contributed by atoms with Crippen molar-refractivity contribution in [3.8, 4) is 0 Å². The third-order valence-electron chi connectivity index (χ3n) is 3.82. The number of carbonyl (C=O) groups is 2. The summed E-state index contributed by atoms with van der Waals surface area (Å²) in [6.45, 7) is 5.50. The van der Waals surface area contributed by atoms with Gasteiger partial charge in [-0.05, 0) is 12.8 Å². The van der Waals surface area contributed by atoms with Crippen molar-refractivity contribution in [2.45, 2.75) is 52.4 Å². The molecule has 0 aliphatic rings. The number of ketones is 2. The van der Waals surface area contributed by atoms with Gasteiger partial charge in [0.2, 0.25) is 0 Å². The second-order valence-corrected chi connectivity index (χ2v) is 6.07. The van der Waals surface area contributed by atoms with Gasteiger partial charge in [0.05, 0.1) is 25.7 Å². The largest absolute Gasteiger partial charge is 0.501 e. The lowest BCUT2D eigenvalue weighted by Crippen LogP contribution is -1.99. The lowest BCUT2D eigenvalue weighted by Gasteiger charge is -2.01. The summed E-state index contributed by atoms with van der Waals surface area (Å²) in [5.41, 5.74) is 1.05. The van der Waals surface area contributed by atoms with Crippen LogP contribution in [-0.2, 0) is 9.47 Å². The van der Waals surface area contributed by atoms with Gasteiger partial charge >= 0.3 is 0 Å². The van der Waals surface area contributed by atoms with Gasteiger partial charge in [0, 0.05) is 23.3 Å². The molecule has 0 spiro atoms. The fraction of sp³-hybridized carbons (Fsp3) is 0.455.